The lowest BCUT2D eigenvalue weighted by atomic mass is 9.95. The zero-order valence-corrected chi connectivity index (χ0v) is 17.1. The Balaban J connectivity index is 1.29. The van der Waals surface area contributed by atoms with Crippen LogP contribution in [0.5, 0.6) is 0 Å². The van der Waals surface area contributed by atoms with Crippen LogP contribution in [-0.2, 0) is 24.5 Å². The highest BCUT2D eigenvalue weighted by molar-refractivity contribution is 7.86. The maximum absolute atomic E-state index is 12.7. The molecule has 9 nitrogen and oxygen atoms in total. The van der Waals surface area contributed by atoms with Crippen molar-refractivity contribution >= 4 is 27.7 Å². The fraction of sp³-hybridized carbons (Fsp3) is 0.579. The van der Waals surface area contributed by atoms with E-state index in [1.807, 2.05) is 24.3 Å². The molecule has 1 aromatic rings. The van der Waals surface area contributed by atoms with E-state index in [2.05, 4.69) is 5.32 Å². The van der Waals surface area contributed by atoms with Gasteiger partial charge < -0.3 is 15.0 Å². The van der Waals surface area contributed by atoms with Crippen LogP contribution in [0.4, 0.5) is 5.69 Å². The van der Waals surface area contributed by atoms with E-state index in [1.54, 1.807) is 4.90 Å². The van der Waals surface area contributed by atoms with E-state index in [-0.39, 0.29) is 37.2 Å². The molecular weight excluding hydrogens is 396 g/mol. The molecule has 2 saturated heterocycles. The lowest BCUT2D eigenvalue weighted by Crippen LogP contribution is -2.55. The first-order valence-corrected chi connectivity index (χ1v) is 11.4. The highest BCUT2D eigenvalue weighted by Crippen LogP contribution is 2.35. The summed E-state index contributed by atoms with van der Waals surface area (Å²) in [6.45, 7) is 2.88. The van der Waals surface area contributed by atoms with Gasteiger partial charge in [0.15, 0.2) is 0 Å². The van der Waals surface area contributed by atoms with Crippen molar-refractivity contribution in [2.75, 3.05) is 57.8 Å². The molecule has 0 bridgehead atoms. The number of anilines is 1. The van der Waals surface area contributed by atoms with E-state index in [0.29, 0.717) is 45.8 Å². The Hall–Kier alpha value is -2.01. The summed E-state index contributed by atoms with van der Waals surface area (Å²) in [6, 6.07) is 7.54. The molecule has 29 heavy (non-hydrogen) atoms. The fourth-order valence-electron chi connectivity index (χ4n) is 4.10. The molecule has 1 aromatic carbocycles. The number of fused-ring (bicyclic) bond motifs is 1. The molecule has 3 heterocycles. The third-order valence-electron chi connectivity index (χ3n) is 5.77. The number of amides is 2. The van der Waals surface area contributed by atoms with E-state index < -0.39 is 10.2 Å². The van der Waals surface area contributed by atoms with Crippen LogP contribution in [0.2, 0.25) is 0 Å². The predicted octanol–water partition coefficient (Wildman–Crippen LogP) is 0.224. The van der Waals surface area contributed by atoms with Gasteiger partial charge in [-0.15, -0.1) is 0 Å². The largest absolute Gasteiger partial charge is 0.379 e. The molecule has 3 aliphatic rings. The van der Waals surface area contributed by atoms with Gasteiger partial charge in [0.1, 0.15) is 0 Å². The molecule has 158 valence electrons. The number of piperazine rings is 1. The Labute approximate surface area is 170 Å². The average Bonchev–Trinajstić information content (AvgIpc) is 3.07. The second-order valence-corrected chi connectivity index (χ2v) is 9.40. The Morgan fingerprint density at radius 1 is 1.03 bits per heavy atom. The summed E-state index contributed by atoms with van der Waals surface area (Å²) < 4.78 is 33.6. The van der Waals surface area contributed by atoms with E-state index in [0.717, 1.165) is 11.3 Å². The maximum Gasteiger partial charge on any atom is 0.282 e. The first-order valence-electron chi connectivity index (χ1n) is 9.97. The zero-order valence-electron chi connectivity index (χ0n) is 16.2. The van der Waals surface area contributed by atoms with Crippen molar-refractivity contribution in [3.63, 3.8) is 0 Å². The van der Waals surface area contributed by atoms with Crippen LogP contribution >= 0.6 is 0 Å². The van der Waals surface area contributed by atoms with Crippen molar-refractivity contribution in [3.05, 3.63) is 29.8 Å². The normalized spacial score (nSPS) is 23.7. The second kappa shape index (κ2) is 8.39. The van der Waals surface area contributed by atoms with Gasteiger partial charge >= 0.3 is 0 Å². The number of rotatable bonds is 5. The molecule has 4 rings (SSSR count). The third kappa shape index (κ3) is 4.16. The van der Waals surface area contributed by atoms with Crippen LogP contribution in [0, 0.1) is 0 Å². The average molecular weight is 423 g/mol. The summed E-state index contributed by atoms with van der Waals surface area (Å²) >= 11 is 0. The van der Waals surface area contributed by atoms with Crippen LogP contribution in [0.3, 0.4) is 0 Å². The van der Waals surface area contributed by atoms with E-state index in [9.17, 15) is 18.0 Å². The number of nitrogens with one attached hydrogen (secondary N) is 1. The van der Waals surface area contributed by atoms with Gasteiger partial charge in [-0.2, -0.15) is 17.0 Å². The first-order chi connectivity index (χ1) is 14.0. The second-order valence-electron chi connectivity index (χ2n) is 7.47. The Morgan fingerprint density at radius 3 is 2.41 bits per heavy atom. The van der Waals surface area contributed by atoms with Gasteiger partial charge in [0.2, 0.25) is 11.8 Å². The van der Waals surface area contributed by atoms with Crippen molar-refractivity contribution in [2.45, 2.75) is 18.8 Å². The van der Waals surface area contributed by atoms with Crippen molar-refractivity contribution in [2.24, 2.45) is 0 Å². The fourth-order valence-corrected chi connectivity index (χ4v) is 5.66. The molecule has 10 heteroatoms. The molecule has 0 aromatic heterocycles. The Morgan fingerprint density at radius 2 is 1.69 bits per heavy atom. The van der Waals surface area contributed by atoms with E-state index >= 15 is 0 Å². The SMILES string of the molecule is O=C1Nc2ccccc2[C@@H]1CCC(=O)N1CCN(S(=O)(=O)N2CCOCC2)CC1. The van der Waals surface area contributed by atoms with Crippen LogP contribution < -0.4 is 5.32 Å². The lowest BCUT2D eigenvalue weighted by Gasteiger charge is -2.37. The lowest BCUT2D eigenvalue weighted by molar-refractivity contribution is -0.132. The number of benzene rings is 1. The van der Waals surface area contributed by atoms with Crippen molar-refractivity contribution in [3.8, 4) is 0 Å². The molecule has 1 atom stereocenters. The summed E-state index contributed by atoms with van der Waals surface area (Å²) in [6.07, 6.45) is 0.719. The third-order valence-corrected chi connectivity index (χ3v) is 7.81. The maximum atomic E-state index is 12.7. The van der Waals surface area contributed by atoms with Gasteiger partial charge in [0.05, 0.1) is 19.1 Å². The number of morpholine rings is 1. The van der Waals surface area contributed by atoms with Crippen LogP contribution in [0.25, 0.3) is 0 Å². The topological polar surface area (TPSA) is 99.3 Å². The molecule has 1 N–H and O–H groups in total. The van der Waals surface area contributed by atoms with Gasteiger partial charge in [-0.1, -0.05) is 18.2 Å². The summed E-state index contributed by atoms with van der Waals surface area (Å²) in [5.41, 5.74) is 1.75. The summed E-state index contributed by atoms with van der Waals surface area (Å²) in [5, 5.41) is 2.85. The van der Waals surface area contributed by atoms with Gasteiger partial charge in [0, 0.05) is 51.4 Å². The molecule has 3 aliphatic heterocycles. The van der Waals surface area contributed by atoms with Gasteiger partial charge in [-0.05, 0) is 18.1 Å². The highest BCUT2D eigenvalue weighted by Gasteiger charge is 2.35. The molecule has 0 radical (unpaired) electrons. The van der Waals surface area contributed by atoms with Crippen LogP contribution in [0.15, 0.2) is 24.3 Å². The monoisotopic (exact) mass is 422 g/mol. The number of ether oxygens (including phenoxy) is 1. The molecule has 0 unspecified atom stereocenters. The predicted molar refractivity (Wildman–Crippen MR) is 107 cm³/mol. The standard InChI is InChI=1S/C19H26N4O5S/c24-18(6-5-16-15-3-1-2-4-17(15)20-19(16)25)21-7-9-22(10-8-21)29(26,27)23-11-13-28-14-12-23/h1-4,16H,5-14H2,(H,20,25)/t16-/m0/s1. The number of hydrogen-bond acceptors (Lipinski definition) is 5. The van der Waals surface area contributed by atoms with E-state index in [4.69, 9.17) is 4.74 Å². The quantitative estimate of drug-likeness (QED) is 0.732. The Bertz CT molecular complexity index is 876. The first kappa shape index (κ1) is 20.3. The minimum Gasteiger partial charge on any atom is -0.379 e. The number of nitrogens with zero attached hydrogens (tertiary/aromatic N) is 3. The molecule has 0 spiro atoms. The van der Waals surface area contributed by atoms with Crippen molar-refractivity contribution in [1.82, 2.24) is 13.5 Å². The van der Waals surface area contributed by atoms with Crippen LogP contribution in [0.1, 0.15) is 24.3 Å². The summed E-state index contributed by atoms with van der Waals surface area (Å²) in [5.74, 6) is -0.413. The van der Waals surface area contributed by atoms with Gasteiger partial charge in [-0.3, -0.25) is 9.59 Å². The zero-order chi connectivity index (χ0) is 20.4. The molecular formula is C19H26N4O5S. The minimum atomic E-state index is -3.50. The molecule has 0 aliphatic carbocycles. The van der Waals surface area contributed by atoms with Crippen LogP contribution in [-0.4, -0.2) is 86.2 Å². The molecule has 2 fully saturated rings. The molecule has 0 saturated carbocycles. The summed E-state index contributed by atoms with van der Waals surface area (Å²) in [7, 11) is -3.50. The Kier molecular flexibility index (Phi) is 5.86. The number of carbonyl (C=O) groups excluding carboxylic acids is 2. The van der Waals surface area contributed by atoms with Gasteiger partial charge in [-0.25, -0.2) is 0 Å². The van der Waals surface area contributed by atoms with E-state index in [1.165, 1.54) is 8.61 Å². The summed E-state index contributed by atoms with van der Waals surface area (Å²) in [4.78, 5) is 26.5. The van der Waals surface area contributed by atoms with Crippen molar-refractivity contribution in [1.29, 1.82) is 0 Å². The minimum absolute atomic E-state index is 0.0365. The van der Waals surface area contributed by atoms with Crippen molar-refractivity contribution < 1.29 is 22.7 Å². The highest BCUT2D eigenvalue weighted by atomic mass is 32.2. The molecule has 2 amide bonds. The number of para-hydroxylation sites is 1. The van der Waals surface area contributed by atoms with Gasteiger partial charge in [0.25, 0.3) is 10.2 Å². The smallest absolute Gasteiger partial charge is 0.282 e. The number of carbonyl (C=O) groups is 2. The number of hydrogen-bond donors (Lipinski definition) is 1.